The average molecular weight is 462 g/mol. The molecule has 3 aromatic rings. The molecule has 0 atom stereocenters. The summed E-state index contributed by atoms with van der Waals surface area (Å²) in [5.41, 5.74) is 1.91. The number of methoxy groups -OCH3 is 1. The third kappa shape index (κ3) is 5.80. The number of amides is 2. The van der Waals surface area contributed by atoms with Gasteiger partial charge in [-0.1, -0.05) is 11.6 Å². The SMILES string of the molecule is COc1cc(Cl)ccc1C(=O)N=c1scc(-c2ccc(F)cc2)n1CCCNC(C)=O. The smallest absolute Gasteiger partial charge is 0.283 e. The number of hydrogen-bond acceptors (Lipinski definition) is 4. The van der Waals surface area contributed by atoms with E-state index < -0.39 is 5.91 Å². The van der Waals surface area contributed by atoms with Crippen LogP contribution >= 0.6 is 22.9 Å². The number of rotatable bonds is 7. The average Bonchev–Trinajstić information content (AvgIpc) is 3.13. The number of benzene rings is 2. The highest BCUT2D eigenvalue weighted by atomic mass is 35.5. The highest BCUT2D eigenvalue weighted by Gasteiger charge is 2.14. The number of halogens is 2. The molecule has 1 heterocycles. The number of nitrogens with one attached hydrogen (secondary N) is 1. The monoisotopic (exact) mass is 461 g/mol. The molecular weight excluding hydrogens is 441 g/mol. The second-order valence-corrected chi connectivity index (χ2v) is 7.93. The zero-order valence-corrected chi connectivity index (χ0v) is 18.6. The summed E-state index contributed by atoms with van der Waals surface area (Å²) < 4.78 is 20.5. The van der Waals surface area contributed by atoms with E-state index in [4.69, 9.17) is 16.3 Å². The molecule has 2 aromatic carbocycles. The van der Waals surface area contributed by atoms with Gasteiger partial charge in [-0.2, -0.15) is 4.99 Å². The van der Waals surface area contributed by atoms with Crippen molar-refractivity contribution >= 4 is 34.8 Å². The van der Waals surface area contributed by atoms with Crippen molar-refractivity contribution in [2.24, 2.45) is 4.99 Å². The van der Waals surface area contributed by atoms with Crippen molar-refractivity contribution in [2.75, 3.05) is 13.7 Å². The fourth-order valence-corrected chi connectivity index (χ4v) is 4.07. The van der Waals surface area contributed by atoms with E-state index in [9.17, 15) is 14.0 Å². The topological polar surface area (TPSA) is 72.7 Å². The third-order valence-corrected chi connectivity index (χ3v) is 5.56. The molecule has 0 saturated heterocycles. The fraction of sp³-hybridized carbons (Fsp3) is 0.227. The molecule has 9 heteroatoms. The lowest BCUT2D eigenvalue weighted by molar-refractivity contribution is -0.118. The first kappa shape index (κ1) is 22.7. The molecule has 0 spiro atoms. The summed E-state index contributed by atoms with van der Waals surface area (Å²) >= 11 is 7.29. The first-order valence-electron chi connectivity index (χ1n) is 9.50. The van der Waals surface area contributed by atoms with Gasteiger partial charge in [-0.15, -0.1) is 11.3 Å². The summed E-state index contributed by atoms with van der Waals surface area (Å²) in [5.74, 6) is -0.555. The molecule has 1 N–H and O–H groups in total. The van der Waals surface area contributed by atoms with Crippen LogP contribution < -0.4 is 14.9 Å². The lowest BCUT2D eigenvalue weighted by Gasteiger charge is -2.10. The van der Waals surface area contributed by atoms with Crippen LogP contribution in [0.25, 0.3) is 11.3 Å². The van der Waals surface area contributed by atoms with E-state index in [0.29, 0.717) is 40.6 Å². The van der Waals surface area contributed by atoms with Crippen molar-refractivity contribution in [3.63, 3.8) is 0 Å². The van der Waals surface area contributed by atoms with Crippen molar-refractivity contribution < 1.29 is 18.7 Å². The highest BCUT2D eigenvalue weighted by molar-refractivity contribution is 7.07. The fourth-order valence-electron chi connectivity index (χ4n) is 2.98. The van der Waals surface area contributed by atoms with Crippen LogP contribution in [0, 0.1) is 5.82 Å². The second kappa shape index (κ2) is 10.4. The van der Waals surface area contributed by atoms with Crippen LogP contribution in [0.4, 0.5) is 4.39 Å². The predicted octanol–water partition coefficient (Wildman–Crippen LogP) is 4.29. The van der Waals surface area contributed by atoms with Gasteiger partial charge in [-0.25, -0.2) is 4.39 Å². The van der Waals surface area contributed by atoms with Crippen molar-refractivity contribution in [1.82, 2.24) is 9.88 Å². The van der Waals surface area contributed by atoms with Crippen LogP contribution in [0.1, 0.15) is 23.7 Å². The molecule has 0 aliphatic carbocycles. The normalized spacial score (nSPS) is 11.4. The maximum absolute atomic E-state index is 13.4. The number of carbonyl (C=O) groups excluding carboxylic acids is 2. The molecule has 0 unspecified atom stereocenters. The molecule has 3 rings (SSSR count). The Morgan fingerprint density at radius 3 is 2.65 bits per heavy atom. The van der Waals surface area contributed by atoms with Crippen LogP contribution in [0.15, 0.2) is 52.8 Å². The number of hydrogen-bond donors (Lipinski definition) is 1. The quantitative estimate of drug-likeness (QED) is 0.533. The Labute approximate surface area is 188 Å². The molecule has 162 valence electrons. The molecule has 0 saturated carbocycles. The van der Waals surface area contributed by atoms with Crippen LogP contribution in [-0.4, -0.2) is 30.0 Å². The number of thiazole rings is 1. The van der Waals surface area contributed by atoms with Crippen LogP contribution in [-0.2, 0) is 11.3 Å². The van der Waals surface area contributed by atoms with Gasteiger partial charge in [-0.05, 0) is 54.4 Å². The summed E-state index contributed by atoms with van der Waals surface area (Å²) in [5, 5.41) is 5.08. The van der Waals surface area contributed by atoms with Gasteiger partial charge in [0.15, 0.2) is 4.80 Å². The third-order valence-electron chi connectivity index (χ3n) is 4.46. The minimum atomic E-state index is -0.461. The van der Waals surface area contributed by atoms with Crippen molar-refractivity contribution in [1.29, 1.82) is 0 Å². The van der Waals surface area contributed by atoms with E-state index in [1.54, 1.807) is 30.3 Å². The van der Waals surface area contributed by atoms with E-state index in [1.807, 2.05) is 9.95 Å². The van der Waals surface area contributed by atoms with E-state index in [0.717, 1.165) is 11.3 Å². The Morgan fingerprint density at radius 2 is 1.97 bits per heavy atom. The zero-order chi connectivity index (χ0) is 22.4. The molecular formula is C22H21ClFN3O3S. The van der Waals surface area contributed by atoms with E-state index in [-0.39, 0.29) is 11.7 Å². The number of nitrogens with zero attached hydrogens (tertiary/aromatic N) is 2. The van der Waals surface area contributed by atoms with E-state index in [2.05, 4.69) is 10.3 Å². The summed E-state index contributed by atoms with van der Waals surface area (Å²) in [7, 11) is 1.46. The highest BCUT2D eigenvalue weighted by Crippen LogP contribution is 2.24. The van der Waals surface area contributed by atoms with E-state index >= 15 is 0 Å². The van der Waals surface area contributed by atoms with Crippen LogP contribution in [0.5, 0.6) is 5.75 Å². The molecule has 2 amide bonds. The van der Waals surface area contributed by atoms with Gasteiger partial charge < -0.3 is 14.6 Å². The number of aromatic nitrogens is 1. The molecule has 0 bridgehead atoms. The summed E-state index contributed by atoms with van der Waals surface area (Å²) in [6.07, 6.45) is 0.635. The Hall–Kier alpha value is -2.97. The zero-order valence-electron chi connectivity index (χ0n) is 17.0. The predicted molar refractivity (Wildman–Crippen MR) is 119 cm³/mol. The lowest BCUT2D eigenvalue weighted by Crippen LogP contribution is -2.24. The summed E-state index contributed by atoms with van der Waals surface area (Å²) in [4.78, 5) is 28.8. The number of ether oxygens (including phenoxy) is 1. The van der Waals surface area contributed by atoms with Gasteiger partial charge in [0.05, 0.1) is 18.4 Å². The van der Waals surface area contributed by atoms with Crippen molar-refractivity contribution in [3.8, 4) is 17.0 Å². The van der Waals surface area contributed by atoms with Crippen LogP contribution in [0.2, 0.25) is 5.02 Å². The van der Waals surface area contributed by atoms with Gasteiger partial charge in [-0.3, -0.25) is 9.59 Å². The van der Waals surface area contributed by atoms with Gasteiger partial charge in [0.1, 0.15) is 11.6 Å². The van der Waals surface area contributed by atoms with E-state index in [1.165, 1.54) is 37.5 Å². The Morgan fingerprint density at radius 1 is 1.23 bits per heavy atom. The molecule has 0 radical (unpaired) electrons. The molecule has 0 aliphatic heterocycles. The minimum absolute atomic E-state index is 0.107. The maximum Gasteiger partial charge on any atom is 0.283 e. The molecule has 6 nitrogen and oxygen atoms in total. The van der Waals surface area contributed by atoms with Gasteiger partial charge in [0, 0.05) is 30.4 Å². The Bertz CT molecular complexity index is 1160. The minimum Gasteiger partial charge on any atom is -0.496 e. The maximum atomic E-state index is 13.4. The molecule has 31 heavy (non-hydrogen) atoms. The van der Waals surface area contributed by atoms with Gasteiger partial charge in [0.25, 0.3) is 5.91 Å². The second-order valence-electron chi connectivity index (χ2n) is 6.66. The largest absolute Gasteiger partial charge is 0.496 e. The first-order valence-corrected chi connectivity index (χ1v) is 10.8. The first-order chi connectivity index (χ1) is 14.9. The Kier molecular flexibility index (Phi) is 7.59. The number of carbonyl (C=O) groups is 2. The van der Waals surface area contributed by atoms with Gasteiger partial charge >= 0.3 is 0 Å². The lowest BCUT2D eigenvalue weighted by atomic mass is 10.1. The standard InChI is InChI=1S/C22H21ClFN3O3S/c1-14(28)25-10-3-11-27-19(15-4-7-17(24)8-5-15)13-31-22(27)26-21(29)18-9-6-16(23)12-20(18)30-2/h4-9,12-13H,3,10-11H2,1-2H3,(H,25,28). The summed E-state index contributed by atoms with van der Waals surface area (Å²) in [6.45, 7) is 2.46. The summed E-state index contributed by atoms with van der Waals surface area (Å²) in [6, 6.07) is 10.9. The van der Waals surface area contributed by atoms with Gasteiger partial charge in [0.2, 0.25) is 5.91 Å². The van der Waals surface area contributed by atoms with Crippen molar-refractivity contribution in [3.05, 3.63) is 69.0 Å². The van der Waals surface area contributed by atoms with Crippen molar-refractivity contribution in [2.45, 2.75) is 19.9 Å². The Balaban J connectivity index is 1.99. The van der Waals surface area contributed by atoms with Crippen LogP contribution in [0.3, 0.4) is 0 Å². The molecule has 0 fully saturated rings. The molecule has 1 aromatic heterocycles. The molecule has 0 aliphatic rings.